The maximum Gasteiger partial charge on any atom is 0.280 e. The van der Waals surface area contributed by atoms with Crippen LogP contribution in [0.2, 0.25) is 0 Å². The lowest BCUT2D eigenvalue weighted by molar-refractivity contribution is 0.0909. The van der Waals surface area contributed by atoms with E-state index in [4.69, 9.17) is 0 Å². The number of piperidine rings is 1. The molecule has 2 fully saturated rings. The molecule has 2 bridgehead atoms. The molecule has 23 heavy (non-hydrogen) atoms. The Morgan fingerprint density at radius 2 is 2.13 bits per heavy atom. The molecule has 0 radical (unpaired) electrons. The second-order valence-electron chi connectivity index (χ2n) is 6.72. The van der Waals surface area contributed by atoms with Crippen LogP contribution in [0.3, 0.4) is 0 Å². The Balaban J connectivity index is 1.44. The first kappa shape index (κ1) is 14.8. The highest BCUT2D eigenvalue weighted by atomic mass is 32.1. The van der Waals surface area contributed by atoms with E-state index in [1.807, 2.05) is 0 Å². The molecular formula is C18H21N3OS. The summed E-state index contributed by atoms with van der Waals surface area (Å²) in [5.41, 5.74) is 2.35. The normalized spacial score (nSPS) is 26.2. The first-order valence-electron chi connectivity index (χ1n) is 8.23. The Morgan fingerprint density at radius 3 is 2.91 bits per heavy atom. The van der Waals surface area contributed by atoms with Gasteiger partial charge in [0, 0.05) is 25.3 Å². The van der Waals surface area contributed by atoms with Crippen LogP contribution in [-0.2, 0) is 0 Å². The number of rotatable bonds is 3. The van der Waals surface area contributed by atoms with E-state index in [1.165, 1.54) is 36.4 Å². The number of nitrogens with zero attached hydrogens (tertiary/aromatic N) is 2. The largest absolute Gasteiger partial charge is 0.346 e. The van der Waals surface area contributed by atoms with Crippen LogP contribution in [-0.4, -0.2) is 41.5 Å². The molecule has 5 heteroatoms. The molecule has 3 atom stereocenters. The highest BCUT2D eigenvalue weighted by Gasteiger charge is 2.33. The molecule has 2 aromatic rings. The van der Waals surface area contributed by atoms with Gasteiger partial charge in [0.05, 0.1) is 4.88 Å². The van der Waals surface area contributed by atoms with Gasteiger partial charge in [-0.25, -0.2) is 4.98 Å². The van der Waals surface area contributed by atoms with Crippen molar-refractivity contribution < 1.29 is 4.79 Å². The van der Waals surface area contributed by atoms with Crippen molar-refractivity contribution >= 4 is 17.2 Å². The molecule has 0 saturated carbocycles. The fourth-order valence-electron chi connectivity index (χ4n) is 3.64. The Kier molecular flexibility index (Phi) is 3.91. The van der Waals surface area contributed by atoms with Crippen molar-refractivity contribution in [3.05, 3.63) is 41.0 Å². The summed E-state index contributed by atoms with van der Waals surface area (Å²) in [6.45, 7) is 5.45. The summed E-state index contributed by atoms with van der Waals surface area (Å²) in [5.74, 6) is 0.731. The van der Waals surface area contributed by atoms with Crippen molar-refractivity contribution in [2.24, 2.45) is 5.92 Å². The summed E-state index contributed by atoms with van der Waals surface area (Å²) in [4.78, 5) is 20.3. The summed E-state index contributed by atoms with van der Waals surface area (Å²) in [7, 11) is 0. The van der Waals surface area contributed by atoms with Crippen LogP contribution >= 0.6 is 11.3 Å². The first-order chi connectivity index (χ1) is 11.2. The maximum absolute atomic E-state index is 12.5. The molecule has 4 rings (SSSR count). The lowest BCUT2D eigenvalue weighted by Gasteiger charge is -2.30. The van der Waals surface area contributed by atoms with Crippen LogP contribution < -0.4 is 5.32 Å². The van der Waals surface area contributed by atoms with E-state index in [0.29, 0.717) is 5.01 Å². The molecule has 3 heterocycles. The zero-order valence-electron chi connectivity index (χ0n) is 13.3. The molecule has 120 valence electrons. The Bertz CT molecular complexity index is 697. The number of fused-ring (bicyclic) bond motifs is 2. The number of carbonyl (C=O) groups excluding carboxylic acids is 1. The second kappa shape index (κ2) is 6.06. The quantitative estimate of drug-likeness (QED) is 0.943. The second-order valence-corrected chi connectivity index (χ2v) is 7.75. The average molecular weight is 327 g/mol. The molecule has 1 N–H and O–H groups in total. The van der Waals surface area contributed by atoms with Gasteiger partial charge in [0.2, 0.25) is 0 Å². The summed E-state index contributed by atoms with van der Waals surface area (Å²) in [6, 6.07) is 8.60. The van der Waals surface area contributed by atoms with E-state index in [2.05, 4.69) is 46.4 Å². The number of nitrogens with one attached hydrogen (secondary N) is 1. The van der Waals surface area contributed by atoms with Crippen LogP contribution in [0, 0.1) is 12.8 Å². The number of benzene rings is 1. The molecule has 4 nitrogen and oxygen atoms in total. The van der Waals surface area contributed by atoms with E-state index in [-0.39, 0.29) is 11.9 Å². The molecular weight excluding hydrogens is 306 g/mol. The van der Waals surface area contributed by atoms with Crippen molar-refractivity contribution in [1.29, 1.82) is 0 Å². The number of hydrogen-bond donors (Lipinski definition) is 1. The lowest BCUT2D eigenvalue weighted by atomic mass is 9.97. The third-order valence-electron chi connectivity index (χ3n) is 4.84. The molecule has 1 aromatic carbocycles. The topological polar surface area (TPSA) is 45.2 Å². The van der Waals surface area contributed by atoms with Crippen molar-refractivity contribution in [1.82, 2.24) is 15.2 Å². The van der Waals surface area contributed by atoms with Gasteiger partial charge in [-0.05, 0) is 37.8 Å². The van der Waals surface area contributed by atoms with E-state index >= 15 is 0 Å². The maximum atomic E-state index is 12.5. The minimum absolute atomic E-state index is 0.0270. The van der Waals surface area contributed by atoms with E-state index in [0.717, 1.165) is 29.3 Å². The first-order valence-corrected chi connectivity index (χ1v) is 9.05. The van der Waals surface area contributed by atoms with Crippen LogP contribution in [0.1, 0.15) is 28.2 Å². The van der Waals surface area contributed by atoms with Gasteiger partial charge in [-0.3, -0.25) is 4.79 Å². The summed E-state index contributed by atoms with van der Waals surface area (Å²) in [5, 5.41) is 3.74. The fourth-order valence-corrected chi connectivity index (χ4v) is 4.47. The number of hydrogen-bond acceptors (Lipinski definition) is 4. The van der Waals surface area contributed by atoms with Crippen LogP contribution in [0.15, 0.2) is 30.5 Å². The molecule has 0 spiro atoms. The predicted octanol–water partition coefficient (Wildman–Crippen LogP) is 2.94. The zero-order chi connectivity index (χ0) is 15.8. The van der Waals surface area contributed by atoms with Gasteiger partial charge < -0.3 is 10.2 Å². The third kappa shape index (κ3) is 3.16. The Labute approximate surface area is 140 Å². The highest BCUT2D eigenvalue weighted by molar-refractivity contribution is 7.16. The van der Waals surface area contributed by atoms with E-state index in [9.17, 15) is 4.79 Å². The van der Waals surface area contributed by atoms with E-state index < -0.39 is 0 Å². The van der Waals surface area contributed by atoms with Crippen LogP contribution in [0.5, 0.6) is 0 Å². The summed E-state index contributed by atoms with van der Waals surface area (Å²) >= 11 is 1.47. The Morgan fingerprint density at radius 1 is 1.30 bits per heavy atom. The summed E-state index contributed by atoms with van der Waals surface area (Å²) in [6.07, 6.45) is 4.19. The smallest absolute Gasteiger partial charge is 0.280 e. The van der Waals surface area contributed by atoms with Crippen LogP contribution in [0.25, 0.3) is 10.4 Å². The van der Waals surface area contributed by atoms with Crippen molar-refractivity contribution in [3.8, 4) is 10.4 Å². The minimum Gasteiger partial charge on any atom is -0.346 e. The van der Waals surface area contributed by atoms with Gasteiger partial charge in [-0.2, -0.15) is 0 Å². The standard InChI is InChI=1S/C18H21N3OS/c1-12-2-4-14(5-3-12)16-9-19-18(23-16)17(22)20-15-8-13-6-7-21(10-13)11-15/h2-5,9,13,15H,6-8,10-11H2,1H3,(H,20,22)/t13-,15+/m0/s1. The molecule has 2 aliphatic rings. The molecule has 1 aromatic heterocycles. The van der Waals surface area contributed by atoms with Gasteiger partial charge in [-0.15, -0.1) is 11.3 Å². The molecule has 1 amide bonds. The monoisotopic (exact) mass is 327 g/mol. The van der Waals surface area contributed by atoms with E-state index in [1.54, 1.807) is 6.20 Å². The van der Waals surface area contributed by atoms with Crippen LogP contribution in [0.4, 0.5) is 0 Å². The number of aryl methyl sites for hydroxylation is 1. The van der Waals surface area contributed by atoms with Crippen molar-refractivity contribution in [2.45, 2.75) is 25.8 Å². The van der Waals surface area contributed by atoms with Crippen molar-refractivity contribution in [3.63, 3.8) is 0 Å². The van der Waals surface area contributed by atoms with Gasteiger partial charge in [0.15, 0.2) is 5.01 Å². The number of amides is 1. The molecule has 0 aliphatic carbocycles. The molecule has 2 saturated heterocycles. The zero-order valence-corrected chi connectivity index (χ0v) is 14.1. The SMILES string of the molecule is Cc1ccc(-c2cnc(C(=O)N[C@@H]3C[C@@H]4CCN(C4)C3)s2)cc1. The third-order valence-corrected chi connectivity index (χ3v) is 5.88. The predicted molar refractivity (Wildman–Crippen MR) is 92.7 cm³/mol. The number of thiazole rings is 1. The van der Waals surface area contributed by atoms with Gasteiger partial charge >= 0.3 is 0 Å². The fraction of sp³-hybridized carbons (Fsp3) is 0.444. The van der Waals surface area contributed by atoms with Crippen molar-refractivity contribution in [2.75, 3.05) is 19.6 Å². The van der Waals surface area contributed by atoms with Gasteiger partial charge in [0.25, 0.3) is 5.91 Å². The van der Waals surface area contributed by atoms with Gasteiger partial charge in [-0.1, -0.05) is 29.8 Å². The lowest BCUT2D eigenvalue weighted by Crippen LogP contribution is -2.46. The molecule has 1 unspecified atom stereocenters. The average Bonchev–Trinajstić information content (AvgIpc) is 3.15. The molecule has 2 aliphatic heterocycles. The minimum atomic E-state index is -0.0270. The summed E-state index contributed by atoms with van der Waals surface area (Å²) < 4.78 is 0. The van der Waals surface area contributed by atoms with Gasteiger partial charge in [0.1, 0.15) is 0 Å². The Hall–Kier alpha value is -1.72. The highest BCUT2D eigenvalue weighted by Crippen LogP contribution is 2.28. The number of aromatic nitrogens is 1. The number of carbonyl (C=O) groups is 1.